The Morgan fingerprint density at radius 1 is 1.23 bits per heavy atom. The van der Waals surface area contributed by atoms with Crippen molar-refractivity contribution in [3.8, 4) is 5.75 Å². The maximum Gasteiger partial charge on any atom is 0.222 e. The van der Waals surface area contributed by atoms with Crippen molar-refractivity contribution >= 4 is 5.91 Å². The zero-order valence-electron chi connectivity index (χ0n) is 13.0. The molecule has 0 saturated carbocycles. The van der Waals surface area contributed by atoms with E-state index in [4.69, 9.17) is 10.5 Å². The van der Waals surface area contributed by atoms with Crippen LogP contribution < -0.4 is 15.8 Å². The molecule has 1 atom stereocenters. The summed E-state index contributed by atoms with van der Waals surface area (Å²) in [5.41, 5.74) is 9.10. The number of amides is 1. The molecule has 2 aromatic carbocycles. The van der Waals surface area contributed by atoms with E-state index in [0.29, 0.717) is 6.54 Å². The summed E-state index contributed by atoms with van der Waals surface area (Å²) in [6.07, 6.45) is 0.262. The molecule has 116 valence electrons. The van der Waals surface area contributed by atoms with Gasteiger partial charge in [0, 0.05) is 24.6 Å². The topological polar surface area (TPSA) is 64.3 Å². The third-order valence-electron chi connectivity index (χ3n) is 3.55. The third kappa shape index (κ3) is 4.33. The predicted octanol–water partition coefficient (Wildman–Crippen LogP) is 2.71. The van der Waals surface area contributed by atoms with Gasteiger partial charge in [-0.3, -0.25) is 4.79 Å². The van der Waals surface area contributed by atoms with Crippen LogP contribution in [0.5, 0.6) is 5.75 Å². The minimum atomic E-state index is -0.291. The second-order valence-electron chi connectivity index (χ2n) is 5.31. The molecule has 0 saturated heterocycles. The summed E-state index contributed by atoms with van der Waals surface area (Å²) in [7, 11) is 1.63. The lowest BCUT2D eigenvalue weighted by molar-refractivity contribution is -0.121. The number of nitrogens with two attached hydrogens (primary N) is 1. The summed E-state index contributed by atoms with van der Waals surface area (Å²) in [5.74, 6) is 0.714. The zero-order valence-corrected chi connectivity index (χ0v) is 13.0. The van der Waals surface area contributed by atoms with Gasteiger partial charge in [0.2, 0.25) is 5.91 Å². The number of methoxy groups -OCH3 is 1. The maximum absolute atomic E-state index is 12.0. The van der Waals surface area contributed by atoms with E-state index in [0.717, 1.165) is 22.4 Å². The van der Waals surface area contributed by atoms with Crippen molar-refractivity contribution in [1.29, 1.82) is 0 Å². The molecule has 0 aliphatic rings. The third-order valence-corrected chi connectivity index (χ3v) is 3.55. The molecule has 0 aliphatic heterocycles. The molecule has 4 nitrogen and oxygen atoms in total. The average molecular weight is 298 g/mol. The second-order valence-corrected chi connectivity index (χ2v) is 5.31. The van der Waals surface area contributed by atoms with Crippen molar-refractivity contribution in [3.63, 3.8) is 0 Å². The van der Waals surface area contributed by atoms with Crippen molar-refractivity contribution in [2.45, 2.75) is 25.9 Å². The van der Waals surface area contributed by atoms with Gasteiger partial charge in [0.15, 0.2) is 0 Å². The van der Waals surface area contributed by atoms with Gasteiger partial charge in [-0.1, -0.05) is 42.5 Å². The monoisotopic (exact) mass is 298 g/mol. The first-order valence-electron chi connectivity index (χ1n) is 7.31. The number of rotatable bonds is 6. The van der Waals surface area contributed by atoms with E-state index in [-0.39, 0.29) is 18.4 Å². The number of carbonyl (C=O) groups is 1. The van der Waals surface area contributed by atoms with E-state index in [1.807, 2.05) is 55.5 Å². The van der Waals surface area contributed by atoms with E-state index in [1.165, 1.54) is 0 Å². The molecule has 0 aromatic heterocycles. The van der Waals surface area contributed by atoms with E-state index in [2.05, 4.69) is 5.32 Å². The highest BCUT2D eigenvalue weighted by molar-refractivity contribution is 5.76. The van der Waals surface area contributed by atoms with Crippen LogP contribution >= 0.6 is 0 Å². The predicted molar refractivity (Wildman–Crippen MR) is 87.6 cm³/mol. The molecular weight excluding hydrogens is 276 g/mol. The quantitative estimate of drug-likeness (QED) is 0.862. The summed E-state index contributed by atoms with van der Waals surface area (Å²) < 4.78 is 5.33. The van der Waals surface area contributed by atoms with Crippen molar-refractivity contribution in [2.24, 2.45) is 5.73 Å². The number of hydrogen-bond donors (Lipinski definition) is 2. The van der Waals surface area contributed by atoms with Crippen molar-refractivity contribution in [3.05, 3.63) is 65.2 Å². The van der Waals surface area contributed by atoms with Crippen LogP contribution in [0, 0.1) is 6.92 Å². The van der Waals surface area contributed by atoms with Gasteiger partial charge in [0.05, 0.1) is 7.11 Å². The Balaban J connectivity index is 1.90. The van der Waals surface area contributed by atoms with Gasteiger partial charge in [-0.25, -0.2) is 0 Å². The van der Waals surface area contributed by atoms with Crippen LogP contribution in [0.15, 0.2) is 48.5 Å². The van der Waals surface area contributed by atoms with Crippen LogP contribution in [0.3, 0.4) is 0 Å². The molecule has 1 unspecified atom stereocenters. The number of nitrogens with one attached hydrogen (secondary N) is 1. The van der Waals surface area contributed by atoms with Crippen LogP contribution in [-0.2, 0) is 11.3 Å². The summed E-state index contributed by atoms with van der Waals surface area (Å²) in [5, 5.41) is 2.89. The largest absolute Gasteiger partial charge is 0.496 e. The van der Waals surface area contributed by atoms with Gasteiger partial charge < -0.3 is 15.8 Å². The van der Waals surface area contributed by atoms with Gasteiger partial charge >= 0.3 is 0 Å². The first-order chi connectivity index (χ1) is 10.6. The van der Waals surface area contributed by atoms with Crippen LogP contribution in [-0.4, -0.2) is 13.0 Å². The fourth-order valence-corrected chi connectivity index (χ4v) is 2.28. The van der Waals surface area contributed by atoms with Gasteiger partial charge in [-0.2, -0.15) is 0 Å². The normalized spacial score (nSPS) is 11.8. The number of carbonyl (C=O) groups excluding carboxylic acids is 1. The lowest BCUT2D eigenvalue weighted by Gasteiger charge is -2.13. The first-order valence-corrected chi connectivity index (χ1v) is 7.31. The number of hydrogen-bond acceptors (Lipinski definition) is 3. The molecule has 2 aromatic rings. The Bertz CT molecular complexity index is 626. The molecule has 3 N–H and O–H groups in total. The molecule has 0 bridgehead atoms. The SMILES string of the molecule is COc1cc(C)ccc1CNC(=O)CC(N)c1ccccc1. The average Bonchev–Trinajstić information content (AvgIpc) is 2.54. The van der Waals surface area contributed by atoms with Crippen LogP contribution in [0.1, 0.15) is 29.2 Å². The highest BCUT2D eigenvalue weighted by Crippen LogP contribution is 2.20. The molecule has 0 heterocycles. The summed E-state index contributed by atoms with van der Waals surface area (Å²) in [6.45, 7) is 2.44. The van der Waals surface area contributed by atoms with Crippen LogP contribution in [0.4, 0.5) is 0 Å². The fraction of sp³-hybridized carbons (Fsp3) is 0.278. The Morgan fingerprint density at radius 3 is 2.64 bits per heavy atom. The lowest BCUT2D eigenvalue weighted by atomic mass is 10.0. The minimum Gasteiger partial charge on any atom is -0.496 e. The standard InChI is InChI=1S/C18H22N2O2/c1-13-8-9-15(17(10-13)22-2)12-20-18(21)11-16(19)14-6-4-3-5-7-14/h3-10,16H,11-12,19H2,1-2H3,(H,20,21). The molecule has 0 fully saturated rings. The Kier molecular flexibility index (Phi) is 5.55. The zero-order chi connectivity index (χ0) is 15.9. The van der Waals surface area contributed by atoms with Gasteiger partial charge in [-0.15, -0.1) is 0 Å². The first kappa shape index (κ1) is 16.0. The van der Waals surface area contributed by atoms with Crippen molar-refractivity contribution < 1.29 is 9.53 Å². The van der Waals surface area contributed by atoms with E-state index >= 15 is 0 Å². The van der Waals surface area contributed by atoms with E-state index < -0.39 is 0 Å². The minimum absolute atomic E-state index is 0.0704. The number of benzene rings is 2. The van der Waals surface area contributed by atoms with Crippen molar-refractivity contribution in [1.82, 2.24) is 5.32 Å². The summed E-state index contributed by atoms with van der Waals surface area (Å²) in [4.78, 5) is 12.0. The molecule has 0 aliphatic carbocycles. The van der Waals surface area contributed by atoms with Gasteiger partial charge in [0.25, 0.3) is 0 Å². The molecule has 22 heavy (non-hydrogen) atoms. The second kappa shape index (κ2) is 7.61. The smallest absolute Gasteiger partial charge is 0.222 e. The molecule has 0 spiro atoms. The number of ether oxygens (including phenoxy) is 1. The highest BCUT2D eigenvalue weighted by atomic mass is 16.5. The fourth-order valence-electron chi connectivity index (χ4n) is 2.28. The molecule has 4 heteroatoms. The van der Waals surface area contributed by atoms with Crippen molar-refractivity contribution in [2.75, 3.05) is 7.11 Å². The highest BCUT2D eigenvalue weighted by Gasteiger charge is 2.12. The molecule has 2 rings (SSSR count). The molecule has 0 radical (unpaired) electrons. The van der Waals surface area contributed by atoms with Gasteiger partial charge in [-0.05, 0) is 24.1 Å². The van der Waals surface area contributed by atoms with E-state index in [9.17, 15) is 4.79 Å². The molecular formula is C18H22N2O2. The Labute approximate surface area is 131 Å². The Morgan fingerprint density at radius 2 is 1.95 bits per heavy atom. The van der Waals surface area contributed by atoms with E-state index in [1.54, 1.807) is 7.11 Å². The Hall–Kier alpha value is -2.33. The van der Waals surface area contributed by atoms with Gasteiger partial charge in [0.1, 0.15) is 5.75 Å². The van der Waals surface area contributed by atoms with Crippen LogP contribution in [0.25, 0.3) is 0 Å². The molecule has 1 amide bonds. The maximum atomic E-state index is 12.0. The summed E-state index contributed by atoms with van der Waals surface area (Å²) in [6, 6.07) is 15.3. The van der Waals surface area contributed by atoms with Crippen LogP contribution in [0.2, 0.25) is 0 Å². The summed E-state index contributed by atoms with van der Waals surface area (Å²) >= 11 is 0. The number of aryl methyl sites for hydroxylation is 1. The lowest BCUT2D eigenvalue weighted by Crippen LogP contribution is -2.27.